The highest BCUT2D eigenvalue weighted by molar-refractivity contribution is 7.89. The van der Waals surface area contributed by atoms with Gasteiger partial charge in [0.15, 0.2) is 0 Å². The van der Waals surface area contributed by atoms with Crippen LogP contribution in [0.3, 0.4) is 0 Å². The van der Waals surface area contributed by atoms with Gasteiger partial charge in [-0.3, -0.25) is 4.79 Å². The molecule has 134 valence electrons. The molecule has 1 amide bonds. The minimum Gasteiger partial charge on any atom is -0.480 e. The van der Waals surface area contributed by atoms with Gasteiger partial charge in [0.25, 0.3) is 5.91 Å². The molecule has 1 aromatic rings. The largest absolute Gasteiger partial charge is 0.480 e. The molecule has 0 aliphatic rings. The van der Waals surface area contributed by atoms with Crippen LogP contribution in [0.25, 0.3) is 0 Å². The maximum atomic E-state index is 12.4. The van der Waals surface area contributed by atoms with E-state index in [2.05, 4.69) is 10.0 Å². The summed E-state index contributed by atoms with van der Waals surface area (Å²) in [7, 11) is -3.73. The fraction of sp³-hybridized carbons (Fsp3) is 0.500. The summed E-state index contributed by atoms with van der Waals surface area (Å²) in [4.78, 5) is 23.7. The Morgan fingerprint density at radius 2 is 1.92 bits per heavy atom. The number of sulfonamides is 1. The first-order valence-corrected chi connectivity index (χ1v) is 9.18. The maximum Gasteiger partial charge on any atom is 0.329 e. The highest BCUT2D eigenvalue weighted by Gasteiger charge is 2.34. The second kappa shape index (κ2) is 7.76. The topological polar surface area (TPSA) is 113 Å². The van der Waals surface area contributed by atoms with Crippen molar-refractivity contribution in [2.45, 2.75) is 57.0 Å². The van der Waals surface area contributed by atoms with Gasteiger partial charge in [0.05, 0.1) is 4.90 Å². The summed E-state index contributed by atoms with van der Waals surface area (Å²) in [6.45, 7) is 6.63. The van der Waals surface area contributed by atoms with Crippen LogP contribution in [0.1, 0.15) is 50.9 Å². The van der Waals surface area contributed by atoms with Gasteiger partial charge in [-0.25, -0.2) is 17.9 Å². The Labute approximate surface area is 142 Å². The number of amides is 1. The lowest BCUT2D eigenvalue weighted by atomic mass is 9.96. The molecule has 7 nitrogen and oxygen atoms in total. The summed E-state index contributed by atoms with van der Waals surface area (Å²) in [5.41, 5.74) is -1.32. The van der Waals surface area contributed by atoms with E-state index in [0.29, 0.717) is 6.42 Å². The number of aliphatic carboxylic acids is 1. The summed E-state index contributed by atoms with van der Waals surface area (Å²) < 4.78 is 26.8. The molecular weight excluding hydrogens is 332 g/mol. The molecule has 0 saturated carbocycles. The number of nitrogens with one attached hydrogen (secondary N) is 2. The van der Waals surface area contributed by atoms with E-state index in [1.807, 2.05) is 6.92 Å². The number of hydrogen-bond donors (Lipinski definition) is 3. The predicted octanol–water partition coefficient (Wildman–Crippen LogP) is 1.75. The third-order valence-electron chi connectivity index (χ3n) is 3.41. The zero-order valence-electron chi connectivity index (χ0n) is 14.3. The van der Waals surface area contributed by atoms with E-state index < -0.39 is 27.4 Å². The first-order chi connectivity index (χ1) is 11.0. The van der Waals surface area contributed by atoms with Crippen LogP contribution in [0.5, 0.6) is 0 Å². The van der Waals surface area contributed by atoms with Crippen LogP contribution in [0, 0.1) is 0 Å². The maximum absolute atomic E-state index is 12.4. The Bertz CT molecular complexity index is 715. The van der Waals surface area contributed by atoms with Crippen molar-refractivity contribution >= 4 is 21.9 Å². The molecule has 0 bridgehead atoms. The minimum absolute atomic E-state index is 0.0450. The Morgan fingerprint density at radius 1 is 1.29 bits per heavy atom. The lowest BCUT2D eigenvalue weighted by molar-refractivity contribution is -0.144. The number of hydrogen-bond acceptors (Lipinski definition) is 4. The van der Waals surface area contributed by atoms with Crippen molar-refractivity contribution < 1.29 is 23.1 Å². The number of carboxylic acid groups (broad SMARTS) is 1. The first kappa shape index (κ1) is 20.1. The van der Waals surface area contributed by atoms with E-state index in [0.717, 1.165) is 0 Å². The van der Waals surface area contributed by atoms with Gasteiger partial charge in [0.1, 0.15) is 5.54 Å². The number of benzene rings is 1. The molecule has 1 atom stereocenters. The predicted molar refractivity (Wildman–Crippen MR) is 90.3 cm³/mol. The summed E-state index contributed by atoms with van der Waals surface area (Å²) in [5.74, 6) is -1.77. The molecule has 0 heterocycles. The minimum atomic E-state index is -3.73. The van der Waals surface area contributed by atoms with E-state index in [-0.39, 0.29) is 22.9 Å². The second-order valence-corrected chi connectivity index (χ2v) is 7.86. The van der Waals surface area contributed by atoms with Gasteiger partial charge in [-0.15, -0.1) is 0 Å². The molecule has 1 aromatic carbocycles. The van der Waals surface area contributed by atoms with Crippen LogP contribution >= 0.6 is 0 Å². The molecule has 0 aromatic heterocycles. The standard InChI is InChI=1S/C16H24N2O5S/c1-5-9-16(4,15(20)21)17-14(19)12-7-6-8-13(10-12)24(22,23)18-11(2)3/h6-8,10-11,18H,5,9H2,1-4H3,(H,17,19)(H,20,21). The molecule has 8 heteroatoms. The molecular formula is C16H24N2O5S. The molecule has 0 aliphatic carbocycles. The zero-order chi connectivity index (χ0) is 18.5. The molecule has 0 aliphatic heterocycles. The Kier molecular flexibility index (Phi) is 6.50. The number of carbonyl (C=O) groups is 2. The summed E-state index contributed by atoms with van der Waals surface area (Å²) >= 11 is 0. The van der Waals surface area contributed by atoms with Gasteiger partial charge in [-0.2, -0.15) is 0 Å². The average Bonchev–Trinajstić information content (AvgIpc) is 2.46. The van der Waals surface area contributed by atoms with Crippen LogP contribution in [-0.4, -0.2) is 37.0 Å². The average molecular weight is 356 g/mol. The van der Waals surface area contributed by atoms with Crippen LogP contribution in [0.15, 0.2) is 29.2 Å². The van der Waals surface area contributed by atoms with E-state index in [1.54, 1.807) is 13.8 Å². The molecule has 0 spiro atoms. The van der Waals surface area contributed by atoms with Crippen molar-refractivity contribution in [3.63, 3.8) is 0 Å². The van der Waals surface area contributed by atoms with Crippen LogP contribution < -0.4 is 10.0 Å². The van der Waals surface area contributed by atoms with Crippen LogP contribution in [-0.2, 0) is 14.8 Å². The van der Waals surface area contributed by atoms with Crippen molar-refractivity contribution in [1.82, 2.24) is 10.0 Å². The summed E-state index contributed by atoms with van der Waals surface area (Å²) in [6, 6.07) is 5.21. The van der Waals surface area contributed by atoms with Gasteiger partial charge in [-0.1, -0.05) is 19.4 Å². The zero-order valence-corrected chi connectivity index (χ0v) is 15.1. The SMILES string of the molecule is CCCC(C)(NC(=O)c1cccc(S(=O)(=O)NC(C)C)c1)C(=O)O. The monoisotopic (exact) mass is 356 g/mol. The van der Waals surface area contributed by atoms with Crippen molar-refractivity contribution in [3.8, 4) is 0 Å². The third-order valence-corrected chi connectivity index (χ3v) is 5.07. The Morgan fingerprint density at radius 3 is 2.42 bits per heavy atom. The summed E-state index contributed by atoms with van der Waals surface area (Å²) in [6.07, 6.45) is 0.844. The number of carbonyl (C=O) groups excluding carboxylic acids is 1. The fourth-order valence-corrected chi connectivity index (χ4v) is 3.53. The molecule has 24 heavy (non-hydrogen) atoms. The quantitative estimate of drug-likeness (QED) is 0.657. The number of carboxylic acids is 1. The summed E-state index contributed by atoms with van der Waals surface area (Å²) in [5, 5.41) is 11.8. The molecule has 0 saturated heterocycles. The van der Waals surface area contributed by atoms with E-state index in [1.165, 1.54) is 31.2 Å². The Hall–Kier alpha value is -1.93. The fourth-order valence-electron chi connectivity index (χ4n) is 2.23. The lowest BCUT2D eigenvalue weighted by Crippen LogP contribution is -2.52. The van der Waals surface area contributed by atoms with E-state index in [4.69, 9.17) is 0 Å². The van der Waals surface area contributed by atoms with Crippen molar-refractivity contribution in [2.75, 3.05) is 0 Å². The molecule has 1 unspecified atom stereocenters. The van der Waals surface area contributed by atoms with Crippen molar-refractivity contribution in [1.29, 1.82) is 0 Å². The molecule has 3 N–H and O–H groups in total. The molecule has 0 radical (unpaired) electrons. The van der Waals surface area contributed by atoms with E-state index >= 15 is 0 Å². The normalized spacial score (nSPS) is 14.2. The Balaban J connectivity index is 3.09. The van der Waals surface area contributed by atoms with Crippen molar-refractivity contribution in [2.24, 2.45) is 0 Å². The van der Waals surface area contributed by atoms with Gasteiger partial charge < -0.3 is 10.4 Å². The van der Waals surface area contributed by atoms with Gasteiger partial charge in [0.2, 0.25) is 10.0 Å². The molecule has 0 fully saturated rings. The van der Waals surface area contributed by atoms with Crippen molar-refractivity contribution in [3.05, 3.63) is 29.8 Å². The highest BCUT2D eigenvalue weighted by Crippen LogP contribution is 2.16. The van der Waals surface area contributed by atoms with Crippen LogP contribution in [0.4, 0.5) is 0 Å². The molecule has 1 rings (SSSR count). The van der Waals surface area contributed by atoms with Gasteiger partial charge >= 0.3 is 5.97 Å². The van der Waals surface area contributed by atoms with Crippen LogP contribution in [0.2, 0.25) is 0 Å². The van der Waals surface area contributed by atoms with Gasteiger partial charge in [-0.05, 0) is 45.4 Å². The second-order valence-electron chi connectivity index (χ2n) is 6.15. The smallest absolute Gasteiger partial charge is 0.329 e. The van der Waals surface area contributed by atoms with Gasteiger partial charge in [0, 0.05) is 11.6 Å². The lowest BCUT2D eigenvalue weighted by Gasteiger charge is -2.25. The number of rotatable bonds is 8. The van der Waals surface area contributed by atoms with E-state index in [9.17, 15) is 23.1 Å². The third kappa shape index (κ3) is 5.04. The first-order valence-electron chi connectivity index (χ1n) is 7.70. The highest BCUT2D eigenvalue weighted by atomic mass is 32.2.